The smallest absolute Gasteiger partial charge is 0.178 e. The van der Waals surface area contributed by atoms with E-state index in [9.17, 15) is 9.90 Å². The summed E-state index contributed by atoms with van der Waals surface area (Å²) < 4.78 is 0. The second kappa shape index (κ2) is 4.51. The average molecular weight is 214 g/mol. The summed E-state index contributed by atoms with van der Waals surface area (Å²) >= 11 is 0. The third kappa shape index (κ3) is 2.71. The minimum Gasteiger partial charge on any atom is -0.370 e. The number of carbonyl (C=O) groups is 1. The van der Waals surface area contributed by atoms with E-state index < -0.39 is 5.60 Å². The molecule has 1 N–H and O–H groups in total. The van der Waals surface area contributed by atoms with Gasteiger partial charge in [0.25, 0.3) is 0 Å². The highest BCUT2D eigenvalue weighted by Gasteiger charge is 2.19. The summed E-state index contributed by atoms with van der Waals surface area (Å²) in [5.41, 5.74) is -0.176. The molecule has 0 atom stereocenters. The number of hydrogen-bond donors (Lipinski definition) is 1. The van der Waals surface area contributed by atoms with Crippen molar-refractivity contribution >= 4 is 5.78 Å². The zero-order valence-corrected chi connectivity index (χ0v) is 9.07. The van der Waals surface area contributed by atoms with Crippen molar-refractivity contribution in [1.82, 2.24) is 0 Å². The Kier molecular flexibility index (Phi) is 3.07. The van der Waals surface area contributed by atoms with Crippen LogP contribution in [0.3, 0.4) is 0 Å². The second-order valence-corrected chi connectivity index (χ2v) is 4.12. The summed E-state index contributed by atoms with van der Waals surface area (Å²) in [4.78, 5) is 10.9. The molecule has 2 nitrogen and oxygen atoms in total. The largest absolute Gasteiger partial charge is 0.370 e. The fraction of sp³-hybridized carbons (Fsp3) is 0.357. The number of allylic oxidation sites excluding steroid dienone is 4. The topological polar surface area (TPSA) is 37.3 Å². The lowest BCUT2D eigenvalue weighted by Gasteiger charge is -2.15. The average Bonchev–Trinajstić information content (AvgIpc) is 2.33. The molecule has 16 heavy (non-hydrogen) atoms. The van der Waals surface area contributed by atoms with Crippen LogP contribution in [0.15, 0.2) is 36.0 Å². The Morgan fingerprint density at radius 1 is 1.25 bits per heavy atom. The Hall–Kier alpha value is -1.59. The van der Waals surface area contributed by atoms with Crippen LogP contribution in [-0.4, -0.2) is 16.5 Å². The summed E-state index contributed by atoms with van der Waals surface area (Å²) in [5, 5.41) is 9.99. The second-order valence-electron chi connectivity index (χ2n) is 4.12. The molecule has 0 bridgehead atoms. The molecule has 2 aliphatic carbocycles. The molecule has 2 aliphatic rings. The summed E-state index contributed by atoms with van der Waals surface area (Å²) in [6.07, 6.45) is 12.2. The molecule has 0 aromatic carbocycles. The molecule has 0 saturated heterocycles. The predicted octanol–water partition coefficient (Wildman–Crippen LogP) is 1.92. The first-order valence-corrected chi connectivity index (χ1v) is 5.55. The van der Waals surface area contributed by atoms with E-state index in [4.69, 9.17) is 0 Å². The van der Waals surface area contributed by atoms with E-state index in [1.54, 1.807) is 0 Å². The Labute approximate surface area is 95.4 Å². The molecule has 0 saturated carbocycles. The molecule has 2 rings (SSSR count). The fourth-order valence-corrected chi connectivity index (χ4v) is 1.74. The fourth-order valence-electron chi connectivity index (χ4n) is 1.74. The van der Waals surface area contributed by atoms with Crippen LogP contribution in [0.25, 0.3) is 0 Å². The van der Waals surface area contributed by atoms with E-state index in [2.05, 4.69) is 17.9 Å². The van der Waals surface area contributed by atoms with Crippen LogP contribution in [0.5, 0.6) is 0 Å². The molecule has 0 unspecified atom stereocenters. The van der Waals surface area contributed by atoms with Crippen LogP contribution < -0.4 is 0 Å². The van der Waals surface area contributed by atoms with E-state index in [0.29, 0.717) is 0 Å². The van der Waals surface area contributed by atoms with Crippen LogP contribution in [0.4, 0.5) is 0 Å². The molecule has 0 aliphatic heterocycles. The Morgan fingerprint density at radius 3 is 2.62 bits per heavy atom. The van der Waals surface area contributed by atoms with Crippen LogP contribution in [0, 0.1) is 11.8 Å². The molecular formula is C14H14O2. The standard InChI is InChI=1S/C14H14O2/c15-13-7-10-14(16,11-8-13)9-6-12-4-2-1-3-5-12/h4,7-8,10-11,16H,1-3,5H2. The van der Waals surface area contributed by atoms with Crippen LogP contribution in [0.2, 0.25) is 0 Å². The minimum atomic E-state index is -1.27. The van der Waals surface area contributed by atoms with E-state index in [0.717, 1.165) is 18.4 Å². The minimum absolute atomic E-state index is 0.108. The van der Waals surface area contributed by atoms with Gasteiger partial charge >= 0.3 is 0 Å². The molecule has 0 heterocycles. The van der Waals surface area contributed by atoms with E-state index >= 15 is 0 Å². The molecule has 0 spiro atoms. The van der Waals surface area contributed by atoms with Gasteiger partial charge in [0, 0.05) is 0 Å². The van der Waals surface area contributed by atoms with Gasteiger partial charge in [-0.15, -0.1) is 0 Å². The first-order chi connectivity index (χ1) is 7.68. The van der Waals surface area contributed by atoms with Crippen LogP contribution in [0.1, 0.15) is 25.7 Å². The number of aliphatic hydroxyl groups is 1. The SMILES string of the molecule is O=C1C=CC(O)(C#CC2=CCCCC2)C=C1. The van der Waals surface area contributed by atoms with E-state index in [1.165, 1.54) is 37.1 Å². The number of ketones is 1. The Bertz CT molecular complexity index is 425. The summed E-state index contributed by atoms with van der Waals surface area (Å²) in [7, 11) is 0. The maximum absolute atomic E-state index is 10.9. The molecule has 82 valence electrons. The van der Waals surface area contributed by atoms with Gasteiger partial charge in [-0.25, -0.2) is 0 Å². The van der Waals surface area contributed by atoms with Crippen molar-refractivity contribution in [1.29, 1.82) is 0 Å². The lowest BCUT2D eigenvalue weighted by molar-refractivity contribution is -0.110. The van der Waals surface area contributed by atoms with Gasteiger partial charge in [-0.05, 0) is 55.6 Å². The van der Waals surface area contributed by atoms with Crippen molar-refractivity contribution in [2.45, 2.75) is 31.3 Å². The highest BCUT2D eigenvalue weighted by molar-refractivity contribution is 6.00. The van der Waals surface area contributed by atoms with Crippen molar-refractivity contribution in [2.75, 3.05) is 0 Å². The number of carbonyl (C=O) groups excluding carboxylic acids is 1. The highest BCUT2D eigenvalue weighted by Crippen LogP contribution is 2.18. The first kappa shape index (κ1) is 10.9. The number of hydrogen-bond acceptors (Lipinski definition) is 2. The number of rotatable bonds is 0. The lowest BCUT2D eigenvalue weighted by Crippen LogP contribution is -2.23. The van der Waals surface area contributed by atoms with Gasteiger partial charge in [-0.3, -0.25) is 4.79 Å². The van der Waals surface area contributed by atoms with Gasteiger partial charge < -0.3 is 5.11 Å². The summed E-state index contributed by atoms with van der Waals surface area (Å²) in [6, 6.07) is 0. The van der Waals surface area contributed by atoms with Crippen LogP contribution >= 0.6 is 0 Å². The van der Waals surface area contributed by atoms with Crippen LogP contribution in [-0.2, 0) is 4.79 Å². The van der Waals surface area contributed by atoms with Crippen molar-refractivity contribution < 1.29 is 9.90 Å². The Morgan fingerprint density at radius 2 is 2.00 bits per heavy atom. The quantitative estimate of drug-likeness (QED) is 0.625. The highest BCUT2D eigenvalue weighted by atomic mass is 16.3. The lowest BCUT2D eigenvalue weighted by atomic mass is 9.95. The van der Waals surface area contributed by atoms with Gasteiger partial charge in [-0.2, -0.15) is 0 Å². The monoisotopic (exact) mass is 214 g/mol. The maximum atomic E-state index is 10.9. The summed E-state index contributed by atoms with van der Waals surface area (Å²) in [5.74, 6) is 5.69. The molecule has 0 radical (unpaired) electrons. The van der Waals surface area contributed by atoms with Gasteiger partial charge in [-0.1, -0.05) is 17.9 Å². The van der Waals surface area contributed by atoms with E-state index in [-0.39, 0.29) is 5.78 Å². The zero-order valence-electron chi connectivity index (χ0n) is 9.07. The zero-order chi connectivity index (χ0) is 11.4. The third-order valence-electron chi connectivity index (χ3n) is 2.72. The van der Waals surface area contributed by atoms with Gasteiger partial charge in [0.2, 0.25) is 0 Å². The normalized spacial score (nSPS) is 22.3. The van der Waals surface area contributed by atoms with Crippen molar-refractivity contribution in [3.63, 3.8) is 0 Å². The Balaban J connectivity index is 2.12. The maximum Gasteiger partial charge on any atom is 0.178 e. The van der Waals surface area contributed by atoms with Gasteiger partial charge in [0.05, 0.1) is 0 Å². The molecule has 0 aromatic heterocycles. The summed E-state index contributed by atoms with van der Waals surface area (Å²) in [6.45, 7) is 0. The van der Waals surface area contributed by atoms with Gasteiger partial charge in [0.15, 0.2) is 11.4 Å². The van der Waals surface area contributed by atoms with Crippen molar-refractivity contribution in [2.24, 2.45) is 0 Å². The van der Waals surface area contributed by atoms with Crippen molar-refractivity contribution in [3.8, 4) is 11.8 Å². The molecule has 0 fully saturated rings. The third-order valence-corrected chi connectivity index (χ3v) is 2.72. The molecule has 2 heteroatoms. The molecular weight excluding hydrogens is 200 g/mol. The van der Waals surface area contributed by atoms with Gasteiger partial charge in [0.1, 0.15) is 0 Å². The predicted molar refractivity (Wildman–Crippen MR) is 62.6 cm³/mol. The van der Waals surface area contributed by atoms with E-state index in [1.807, 2.05) is 0 Å². The molecule has 0 aromatic rings. The van der Waals surface area contributed by atoms with Crippen molar-refractivity contribution in [3.05, 3.63) is 36.0 Å². The first-order valence-electron chi connectivity index (χ1n) is 5.55. The molecule has 0 amide bonds.